The molecule has 4 rings (SSSR count). The number of aromatic nitrogens is 3. The number of piperazine rings is 1. The largest absolute Gasteiger partial charge is 0.389 e. The normalized spacial score (nSPS) is 19.1. The van der Waals surface area contributed by atoms with Crippen molar-refractivity contribution >= 4 is 52.5 Å². The molecule has 14 heteroatoms. The molecule has 0 aliphatic carbocycles. The van der Waals surface area contributed by atoms with E-state index in [1.54, 1.807) is 26.0 Å². The Morgan fingerprint density at radius 1 is 1.07 bits per heavy atom. The number of hydrogen-bond donors (Lipinski definition) is 4. The summed E-state index contributed by atoms with van der Waals surface area (Å²) in [6, 6.07) is 3.78. The highest BCUT2D eigenvalue weighted by molar-refractivity contribution is 6.32. The molecular weight excluding hydrogens is 557 g/mol. The second kappa shape index (κ2) is 12.3. The number of nitrogens with one attached hydrogen (secondary N) is 1. The molecule has 2 aromatic heterocycles. The van der Waals surface area contributed by atoms with E-state index >= 15 is 0 Å². The van der Waals surface area contributed by atoms with Crippen LogP contribution in [-0.2, 0) is 0 Å². The number of nitrogens with zero attached hydrogens (tertiary/aromatic N) is 6. The van der Waals surface area contributed by atoms with E-state index in [4.69, 9.17) is 34.7 Å². The molecule has 1 atom stereocenters. The van der Waals surface area contributed by atoms with E-state index in [0.717, 1.165) is 25.8 Å². The molecule has 2 fully saturated rings. The highest BCUT2D eigenvalue weighted by atomic mass is 35.5. The number of likely N-dealkylation sites (tertiary alicyclic amines) is 1. The van der Waals surface area contributed by atoms with Crippen LogP contribution in [0.25, 0.3) is 0 Å². The molecule has 0 bridgehead atoms. The van der Waals surface area contributed by atoms with Crippen LogP contribution >= 0.6 is 23.2 Å². The summed E-state index contributed by atoms with van der Waals surface area (Å²) in [7, 11) is 0. The lowest BCUT2D eigenvalue weighted by molar-refractivity contribution is 0.0491. The Morgan fingerprint density at radius 3 is 2.40 bits per heavy atom. The number of halogens is 2. The summed E-state index contributed by atoms with van der Waals surface area (Å²) in [5.74, 6) is -0.0915. The molecule has 218 valence electrons. The molecule has 0 aromatic carbocycles. The molecule has 12 nitrogen and oxygen atoms in total. The minimum Gasteiger partial charge on any atom is -0.389 e. The summed E-state index contributed by atoms with van der Waals surface area (Å²) in [6.45, 7) is 8.75. The molecule has 2 aliphatic rings. The number of nitrogen functional groups attached to an aromatic ring is 2. The number of amides is 2. The van der Waals surface area contributed by atoms with Crippen LogP contribution in [0.1, 0.15) is 60.9 Å². The van der Waals surface area contributed by atoms with Crippen molar-refractivity contribution in [2.75, 3.05) is 55.6 Å². The summed E-state index contributed by atoms with van der Waals surface area (Å²) in [4.78, 5) is 44.6. The molecule has 0 radical (unpaired) electrons. The van der Waals surface area contributed by atoms with Crippen LogP contribution in [0.4, 0.5) is 17.5 Å². The number of anilines is 3. The van der Waals surface area contributed by atoms with Gasteiger partial charge in [0.1, 0.15) is 11.0 Å². The molecule has 4 heterocycles. The molecule has 6 N–H and O–H groups in total. The predicted octanol–water partition coefficient (Wildman–Crippen LogP) is 2.05. The average Bonchev–Trinajstić information content (AvgIpc) is 2.91. The van der Waals surface area contributed by atoms with Gasteiger partial charge in [0, 0.05) is 51.4 Å². The third-order valence-electron chi connectivity index (χ3n) is 7.40. The van der Waals surface area contributed by atoms with Crippen LogP contribution in [-0.4, -0.2) is 98.6 Å². The second-order valence-corrected chi connectivity index (χ2v) is 11.6. The van der Waals surface area contributed by atoms with Crippen molar-refractivity contribution in [1.29, 1.82) is 0 Å². The number of aliphatic hydroxyl groups is 1. The van der Waals surface area contributed by atoms with Crippen molar-refractivity contribution in [2.24, 2.45) is 0 Å². The SMILES string of the molecule is CC[C@H]1CN(c2nc(N)c(C(=O)NCC(C)(C)O)nc2Cl)CCN1C1CCN(C(=O)c2ccc(Cl)nc2N)CC1. The lowest BCUT2D eigenvalue weighted by Crippen LogP contribution is -2.58. The molecule has 0 saturated carbocycles. The van der Waals surface area contributed by atoms with Crippen LogP contribution in [0.2, 0.25) is 10.3 Å². The smallest absolute Gasteiger partial charge is 0.273 e. The number of piperidine rings is 1. The summed E-state index contributed by atoms with van der Waals surface area (Å²) in [6.07, 6.45) is 2.62. The molecule has 2 aliphatic heterocycles. The Labute approximate surface area is 244 Å². The minimum absolute atomic E-state index is 0.0170. The van der Waals surface area contributed by atoms with Gasteiger partial charge in [-0.15, -0.1) is 0 Å². The number of carbonyl (C=O) groups excluding carboxylic acids is 2. The molecule has 0 unspecified atom stereocenters. The quantitative estimate of drug-likeness (QED) is 0.349. The third-order valence-corrected chi connectivity index (χ3v) is 7.87. The molecule has 40 heavy (non-hydrogen) atoms. The van der Waals surface area contributed by atoms with Crippen molar-refractivity contribution in [3.63, 3.8) is 0 Å². The zero-order valence-corrected chi connectivity index (χ0v) is 24.5. The van der Waals surface area contributed by atoms with Crippen molar-refractivity contribution < 1.29 is 14.7 Å². The monoisotopic (exact) mass is 593 g/mol. The first-order valence-electron chi connectivity index (χ1n) is 13.4. The maximum absolute atomic E-state index is 13.0. The topological polar surface area (TPSA) is 167 Å². The van der Waals surface area contributed by atoms with Crippen molar-refractivity contribution in [1.82, 2.24) is 30.1 Å². The van der Waals surface area contributed by atoms with E-state index in [1.165, 1.54) is 0 Å². The van der Waals surface area contributed by atoms with Gasteiger partial charge in [-0.1, -0.05) is 30.1 Å². The van der Waals surface area contributed by atoms with Crippen LogP contribution in [0, 0.1) is 0 Å². The van der Waals surface area contributed by atoms with Crippen LogP contribution in [0.5, 0.6) is 0 Å². The number of pyridine rings is 1. The van der Waals surface area contributed by atoms with E-state index < -0.39 is 11.5 Å². The first-order chi connectivity index (χ1) is 18.9. The number of carbonyl (C=O) groups is 2. The molecule has 2 amide bonds. The Balaban J connectivity index is 1.38. The minimum atomic E-state index is -1.08. The second-order valence-electron chi connectivity index (χ2n) is 10.9. The third kappa shape index (κ3) is 6.85. The zero-order chi connectivity index (χ0) is 29.2. The molecule has 2 saturated heterocycles. The summed E-state index contributed by atoms with van der Waals surface area (Å²) < 4.78 is 0. The lowest BCUT2D eigenvalue weighted by atomic mass is 9.97. The van der Waals surface area contributed by atoms with Gasteiger partial charge in [0.25, 0.3) is 11.8 Å². The Morgan fingerprint density at radius 2 is 1.77 bits per heavy atom. The fraction of sp³-hybridized carbons (Fsp3) is 0.577. The highest BCUT2D eigenvalue weighted by Gasteiger charge is 2.35. The van der Waals surface area contributed by atoms with Gasteiger partial charge in [-0.3, -0.25) is 14.5 Å². The molecule has 2 aromatic rings. The highest BCUT2D eigenvalue weighted by Crippen LogP contribution is 2.30. The first-order valence-corrected chi connectivity index (χ1v) is 14.2. The van der Waals surface area contributed by atoms with Gasteiger partial charge in [-0.05, 0) is 45.2 Å². The summed E-state index contributed by atoms with van der Waals surface area (Å²) >= 11 is 12.4. The number of nitrogens with two attached hydrogens (primary N) is 2. The molecule has 0 spiro atoms. The van der Waals surface area contributed by atoms with Gasteiger partial charge in [0.2, 0.25) is 0 Å². The van der Waals surface area contributed by atoms with E-state index in [0.29, 0.717) is 43.6 Å². The Hall–Kier alpha value is -2.93. The van der Waals surface area contributed by atoms with Gasteiger partial charge in [0.05, 0.1) is 11.2 Å². The van der Waals surface area contributed by atoms with Crippen molar-refractivity contribution in [3.8, 4) is 0 Å². The van der Waals surface area contributed by atoms with Gasteiger partial charge in [-0.25, -0.2) is 15.0 Å². The first kappa shape index (κ1) is 30.0. The van der Waals surface area contributed by atoms with Crippen molar-refractivity contribution in [2.45, 2.75) is 57.7 Å². The lowest BCUT2D eigenvalue weighted by Gasteiger charge is -2.47. The predicted molar refractivity (Wildman–Crippen MR) is 156 cm³/mol. The fourth-order valence-electron chi connectivity index (χ4n) is 5.28. The maximum Gasteiger partial charge on any atom is 0.273 e. The summed E-state index contributed by atoms with van der Waals surface area (Å²) in [5.41, 5.74) is 11.3. The van der Waals surface area contributed by atoms with Crippen LogP contribution < -0.4 is 21.7 Å². The number of hydrogen-bond acceptors (Lipinski definition) is 10. The Kier molecular flexibility index (Phi) is 9.23. The van der Waals surface area contributed by atoms with E-state index in [1.807, 2.05) is 4.90 Å². The van der Waals surface area contributed by atoms with Crippen molar-refractivity contribution in [3.05, 3.63) is 33.7 Å². The van der Waals surface area contributed by atoms with Gasteiger partial charge < -0.3 is 31.7 Å². The van der Waals surface area contributed by atoms with E-state index in [2.05, 4.69) is 37.0 Å². The van der Waals surface area contributed by atoms with Gasteiger partial charge in [0.15, 0.2) is 22.5 Å². The van der Waals surface area contributed by atoms with Crippen LogP contribution in [0.15, 0.2) is 12.1 Å². The van der Waals surface area contributed by atoms with E-state index in [9.17, 15) is 14.7 Å². The standard InChI is InChI=1S/C26H37Cl2N9O3/c1-4-15-13-36(23-20(28)33-19(22(30)34-23)24(38)31-14-26(2,3)40)11-12-37(15)16-7-9-35(10-8-16)25(39)17-5-6-18(27)32-21(17)29/h5-6,15-16,40H,4,7-14H2,1-3H3,(H2,29,32)(H2,30,34)(H,31,38)/t15-/m0/s1. The number of rotatable bonds is 7. The fourth-order valence-corrected chi connectivity index (χ4v) is 5.68. The zero-order valence-electron chi connectivity index (χ0n) is 23.0. The Bertz CT molecular complexity index is 1250. The summed E-state index contributed by atoms with van der Waals surface area (Å²) in [5, 5.41) is 12.8. The van der Waals surface area contributed by atoms with Gasteiger partial charge in [-0.2, -0.15) is 0 Å². The molecular formula is C26H37Cl2N9O3. The van der Waals surface area contributed by atoms with Gasteiger partial charge >= 0.3 is 0 Å². The average molecular weight is 595 g/mol. The maximum atomic E-state index is 13.0. The van der Waals surface area contributed by atoms with Crippen LogP contribution in [0.3, 0.4) is 0 Å². The van der Waals surface area contributed by atoms with E-state index in [-0.39, 0.29) is 46.1 Å².